The average molecular weight is 274 g/mol. The molecule has 1 N–H and O–H groups in total. The van der Waals surface area contributed by atoms with E-state index < -0.39 is 0 Å². The highest BCUT2D eigenvalue weighted by Crippen LogP contribution is 2.02. The summed E-state index contributed by atoms with van der Waals surface area (Å²) >= 11 is 4.99. The molecule has 0 fully saturated rings. The molecule has 1 heterocycles. The van der Waals surface area contributed by atoms with E-state index in [0.717, 1.165) is 16.7 Å². The minimum absolute atomic E-state index is 0.178. The molecule has 0 aliphatic rings. The number of aromatic amines is 1. The predicted octanol–water partition coefficient (Wildman–Crippen LogP) is 2.05. The first-order valence-corrected chi connectivity index (χ1v) is 6.34. The Hall–Kier alpha value is -2.08. The van der Waals surface area contributed by atoms with Gasteiger partial charge in [0.2, 0.25) is 4.77 Å². The predicted molar refractivity (Wildman–Crippen MR) is 77.2 cm³/mol. The first kappa shape index (κ1) is 13.4. The van der Waals surface area contributed by atoms with Gasteiger partial charge in [-0.25, -0.2) is 0 Å². The summed E-state index contributed by atoms with van der Waals surface area (Å²) in [5.74, 6) is 0. The number of nitrogens with zero attached hydrogens (tertiary/aromatic N) is 3. The first-order valence-electron chi connectivity index (χ1n) is 5.93. The number of H-pyrrole nitrogens is 1. The van der Waals surface area contributed by atoms with Crippen molar-refractivity contribution < 1.29 is 0 Å². The highest BCUT2D eigenvalue weighted by atomic mass is 32.1. The maximum atomic E-state index is 11.8. The van der Waals surface area contributed by atoms with Crippen LogP contribution in [0.1, 0.15) is 23.7 Å². The number of aryl methyl sites for hydroxylation is 2. The number of nitrogens with one attached hydrogen (secondary N) is 1. The quantitative estimate of drug-likeness (QED) is 0.688. The molecule has 2 rings (SSSR count). The van der Waals surface area contributed by atoms with E-state index in [1.165, 1.54) is 5.56 Å². The summed E-state index contributed by atoms with van der Waals surface area (Å²) in [5, 5.41) is 10.5. The molecule has 0 radical (unpaired) electrons. The zero-order chi connectivity index (χ0) is 13.8. The van der Waals surface area contributed by atoms with Crippen LogP contribution < -0.4 is 5.56 Å². The summed E-state index contributed by atoms with van der Waals surface area (Å²) in [7, 11) is 0. The fraction of sp³-hybridized carbons (Fsp3) is 0.231. The second-order valence-electron chi connectivity index (χ2n) is 4.07. The molecule has 0 atom stereocenters. The van der Waals surface area contributed by atoms with Crippen molar-refractivity contribution >= 4 is 18.4 Å². The lowest BCUT2D eigenvalue weighted by atomic mass is 10.1. The Labute approximate surface area is 115 Å². The van der Waals surface area contributed by atoms with E-state index in [-0.39, 0.29) is 10.3 Å². The zero-order valence-corrected chi connectivity index (χ0v) is 11.6. The van der Waals surface area contributed by atoms with Crippen molar-refractivity contribution in [2.24, 2.45) is 5.10 Å². The van der Waals surface area contributed by atoms with Crippen LogP contribution in [0.4, 0.5) is 0 Å². The SMILES string of the molecule is CCc1ccc(/C=N/n2c(=S)[nH]nc(C)c2=O)cc1. The van der Waals surface area contributed by atoms with Gasteiger partial charge in [-0.05, 0) is 36.7 Å². The van der Waals surface area contributed by atoms with Crippen LogP contribution in [-0.4, -0.2) is 21.1 Å². The van der Waals surface area contributed by atoms with E-state index >= 15 is 0 Å². The molecule has 6 heteroatoms. The van der Waals surface area contributed by atoms with Gasteiger partial charge in [-0.3, -0.25) is 9.89 Å². The number of rotatable bonds is 3. The number of hydrogen-bond acceptors (Lipinski definition) is 4. The lowest BCUT2D eigenvalue weighted by molar-refractivity contribution is 0.720. The van der Waals surface area contributed by atoms with Crippen molar-refractivity contribution in [1.82, 2.24) is 14.9 Å². The van der Waals surface area contributed by atoms with Gasteiger partial charge < -0.3 is 0 Å². The highest BCUT2D eigenvalue weighted by molar-refractivity contribution is 7.71. The second-order valence-corrected chi connectivity index (χ2v) is 4.46. The minimum Gasteiger partial charge on any atom is -0.265 e. The van der Waals surface area contributed by atoms with Crippen molar-refractivity contribution in [3.05, 3.63) is 56.2 Å². The molecular weight excluding hydrogens is 260 g/mol. The number of benzene rings is 1. The Morgan fingerprint density at radius 1 is 1.42 bits per heavy atom. The third-order valence-corrected chi connectivity index (χ3v) is 2.99. The molecule has 0 unspecified atom stereocenters. The van der Waals surface area contributed by atoms with E-state index in [1.54, 1.807) is 13.1 Å². The summed E-state index contributed by atoms with van der Waals surface area (Å²) in [6, 6.07) is 7.97. The van der Waals surface area contributed by atoms with E-state index in [9.17, 15) is 4.79 Å². The maximum Gasteiger partial charge on any atom is 0.296 e. The Morgan fingerprint density at radius 2 is 2.11 bits per heavy atom. The van der Waals surface area contributed by atoms with E-state index in [0.29, 0.717) is 5.69 Å². The fourth-order valence-electron chi connectivity index (χ4n) is 1.54. The van der Waals surface area contributed by atoms with Crippen LogP contribution in [0.25, 0.3) is 0 Å². The zero-order valence-electron chi connectivity index (χ0n) is 10.8. The Balaban J connectivity index is 2.35. The Bertz CT molecular complexity index is 713. The van der Waals surface area contributed by atoms with Gasteiger partial charge in [0, 0.05) is 0 Å². The van der Waals surface area contributed by atoms with Gasteiger partial charge >= 0.3 is 0 Å². The van der Waals surface area contributed by atoms with Gasteiger partial charge in [0.15, 0.2) is 0 Å². The normalized spacial score (nSPS) is 11.1. The summed E-state index contributed by atoms with van der Waals surface area (Å²) in [6.45, 7) is 3.71. The molecule has 98 valence electrons. The van der Waals surface area contributed by atoms with Crippen LogP contribution in [0.5, 0.6) is 0 Å². The third kappa shape index (κ3) is 3.03. The van der Waals surface area contributed by atoms with Crippen LogP contribution in [0.15, 0.2) is 34.2 Å². The average Bonchev–Trinajstić information content (AvgIpc) is 2.44. The molecule has 0 bridgehead atoms. The van der Waals surface area contributed by atoms with E-state index in [2.05, 4.69) is 22.2 Å². The molecular formula is C13H14N4OS. The lowest BCUT2D eigenvalue weighted by Gasteiger charge is -2.00. The first-order chi connectivity index (χ1) is 9.11. The molecule has 0 aliphatic carbocycles. The molecule has 1 aromatic carbocycles. The molecule has 0 saturated carbocycles. The minimum atomic E-state index is -0.315. The van der Waals surface area contributed by atoms with Gasteiger partial charge in [0.25, 0.3) is 5.56 Å². The molecule has 5 nitrogen and oxygen atoms in total. The molecule has 2 aromatic rings. The van der Waals surface area contributed by atoms with E-state index in [4.69, 9.17) is 12.2 Å². The fourth-order valence-corrected chi connectivity index (χ4v) is 1.72. The van der Waals surface area contributed by atoms with Crippen LogP contribution >= 0.6 is 12.2 Å². The topological polar surface area (TPSA) is 63.0 Å². The van der Waals surface area contributed by atoms with Gasteiger partial charge in [-0.2, -0.15) is 14.9 Å². The summed E-state index contributed by atoms with van der Waals surface area (Å²) in [4.78, 5) is 11.8. The van der Waals surface area contributed by atoms with Crippen molar-refractivity contribution in [2.75, 3.05) is 0 Å². The number of hydrogen-bond donors (Lipinski definition) is 1. The summed E-state index contributed by atoms with van der Waals surface area (Å²) < 4.78 is 1.31. The lowest BCUT2D eigenvalue weighted by Crippen LogP contribution is -2.22. The van der Waals surface area contributed by atoms with Crippen LogP contribution in [0, 0.1) is 11.7 Å². The molecule has 0 spiro atoms. The van der Waals surface area contributed by atoms with E-state index in [1.807, 2.05) is 24.3 Å². The Morgan fingerprint density at radius 3 is 2.74 bits per heavy atom. The van der Waals surface area contributed by atoms with Gasteiger partial charge in [0.05, 0.1) is 6.21 Å². The van der Waals surface area contributed by atoms with Crippen LogP contribution in [0.3, 0.4) is 0 Å². The summed E-state index contributed by atoms with van der Waals surface area (Å²) in [5.41, 5.74) is 2.18. The monoisotopic (exact) mass is 274 g/mol. The van der Waals surface area contributed by atoms with Crippen LogP contribution in [-0.2, 0) is 6.42 Å². The van der Waals surface area contributed by atoms with Gasteiger partial charge in [0.1, 0.15) is 5.69 Å². The van der Waals surface area contributed by atoms with Crippen molar-refractivity contribution in [2.45, 2.75) is 20.3 Å². The van der Waals surface area contributed by atoms with Crippen molar-refractivity contribution in [3.8, 4) is 0 Å². The molecule has 0 aliphatic heterocycles. The second kappa shape index (κ2) is 5.71. The Kier molecular flexibility index (Phi) is 4.01. The highest BCUT2D eigenvalue weighted by Gasteiger charge is 2.00. The molecule has 1 aromatic heterocycles. The van der Waals surface area contributed by atoms with Crippen molar-refractivity contribution in [1.29, 1.82) is 0 Å². The standard InChI is InChI=1S/C13H14N4OS/c1-3-10-4-6-11(7-5-10)8-14-17-12(18)9(2)15-16-13(17)19/h4-8H,3H2,1-2H3,(H,16,19)/b14-8+. The molecule has 19 heavy (non-hydrogen) atoms. The van der Waals surface area contributed by atoms with Gasteiger partial charge in [-0.1, -0.05) is 31.2 Å². The molecule has 0 amide bonds. The smallest absolute Gasteiger partial charge is 0.265 e. The molecule has 0 saturated heterocycles. The van der Waals surface area contributed by atoms with Crippen molar-refractivity contribution in [3.63, 3.8) is 0 Å². The van der Waals surface area contributed by atoms with Crippen LogP contribution in [0.2, 0.25) is 0 Å². The van der Waals surface area contributed by atoms with Gasteiger partial charge in [-0.15, -0.1) is 0 Å². The maximum absolute atomic E-state index is 11.8. The largest absolute Gasteiger partial charge is 0.296 e. The third-order valence-electron chi connectivity index (χ3n) is 2.72. The summed E-state index contributed by atoms with van der Waals surface area (Å²) in [6.07, 6.45) is 2.59. The number of aromatic nitrogens is 3.